The molecule has 2 amide bonds. The van der Waals surface area contributed by atoms with Crippen molar-refractivity contribution in [1.29, 1.82) is 0 Å². The molecule has 172 valence electrons. The monoisotopic (exact) mass is 463 g/mol. The second kappa shape index (κ2) is 11.1. The molecule has 1 fully saturated rings. The van der Waals surface area contributed by atoms with Gasteiger partial charge in [0.15, 0.2) is 0 Å². The summed E-state index contributed by atoms with van der Waals surface area (Å²) in [4.78, 5) is 29.8. The molecule has 2 aromatic carbocycles. The highest BCUT2D eigenvalue weighted by Crippen LogP contribution is 2.20. The molecule has 1 aliphatic rings. The Morgan fingerprint density at radius 2 is 1.70 bits per heavy atom. The van der Waals surface area contributed by atoms with Gasteiger partial charge in [-0.1, -0.05) is 60.9 Å². The molecule has 1 heterocycles. The molecule has 0 radical (unpaired) electrons. The Balaban J connectivity index is 1.30. The van der Waals surface area contributed by atoms with E-state index < -0.39 is 0 Å². The molecule has 1 aromatic heterocycles. The maximum Gasteiger partial charge on any atom is 0.271 e. The summed E-state index contributed by atoms with van der Waals surface area (Å²) >= 11 is 1.41. The van der Waals surface area contributed by atoms with Gasteiger partial charge < -0.3 is 15.4 Å². The van der Waals surface area contributed by atoms with Crippen molar-refractivity contribution >= 4 is 23.2 Å². The predicted octanol–water partition coefficient (Wildman–Crippen LogP) is 4.43. The van der Waals surface area contributed by atoms with E-state index in [1.54, 1.807) is 5.38 Å². The van der Waals surface area contributed by atoms with Crippen molar-refractivity contribution in [3.8, 4) is 5.75 Å². The lowest BCUT2D eigenvalue weighted by atomic mass is 9.90. The van der Waals surface area contributed by atoms with Crippen molar-refractivity contribution in [3.63, 3.8) is 0 Å². The van der Waals surface area contributed by atoms with Crippen LogP contribution in [0, 0.1) is 6.92 Å². The molecule has 7 heteroatoms. The highest BCUT2D eigenvalue weighted by atomic mass is 32.1. The highest BCUT2D eigenvalue weighted by Gasteiger charge is 2.28. The number of amides is 2. The molecular formula is C26H29N3O3S. The van der Waals surface area contributed by atoms with Crippen LogP contribution in [0.4, 0.5) is 0 Å². The summed E-state index contributed by atoms with van der Waals surface area (Å²) in [5.41, 5.74) is 2.55. The van der Waals surface area contributed by atoms with Crippen LogP contribution in [0.15, 0.2) is 60.0 Å². The second-order valence-corrected chi connectivity index (χ2v) is 9.37. The Morgan fingerprint density at radius 1 is 1.00 bits per heavy atom. The quantitative estimate of drug-likeness (QED) is 0.518. The summed E-state index contributed by atoms with van der Waals surface area (Å²) in [5, 5.41) is 8.73. The molecule has 1 saturated carbocycles. The van der Waals surface area contributed by atoms with Crippen molar-refractivity contribution in [2.24, 2.45) is 0 Å². The molecule has 2 N–H and O–H groups in total. The molecule has 6 nitrogen and oxygen atoms in total. The summed E-state index contributed by atoms with van der Waals surface area (Å²) in [7, 11) is 0. The lowest BCUT2D eigenvalue weighted by Crippen LogP contribution is -2.53. The SMILES string of the molecule is Cc1ccc(OCc2nc(C(=O)N[C@@H]3CCCC[C@H]3NC(=O)Cc3ccccc3)cs2)cc1. The van der Waals surface area contributed by atoms with Crippen LogP contribution in [0.5, 0.6) is 5.75 Å². The Labute approximate surface area is 198 Å². The molecule has 0 bridgehead atoms. The van der Waals surface area contributed by atoms with Crippen molar-refractivity contribution in [3.05, 3.63) is 81.8 Å². The van der Waals surface area contributed by atoms with Gasteiger partial charge in [0.1, 0.15) is 23.1 Å². The molecule has 0 saturated heterocycles. The van der Waals surface area contributed by atoms with Crippen LogP contribution in [0.3, 0.4) is 0 Å². The molecule has 3 aromatic rings. The number of hydrogen-bond acceptors (Lipinski definition) is 5. The average Bonchev–Trinajstić information content (AvgIpc) is 3.30. The molecular weight excluding hydrogens is 434 g/mol. The summed E-state index contributed by atoms with van der Waals surface area (Å²) < 4.78 is 5.77. The summed E-state index contributed by atoms with van der Waals surface area (Å²) in [6.45, 7) is 2.35. The highest BCUT2D eigenvalue weighted by molar-refractivity contribution is 7.09. The first-order chi connectivity index (χ1) is 16.1. The van der Waals surface area contributed by atoms with E-state index in [1.165, 1.54) is 16.9 Å². The topological polar surface area (TPSA) is 80.3 Å². The summed E-state index contributed by atoms with van der Waals surface area (Å²) in [6, 6.07) is 17.4. The number of aryl methyl sites for hydroxylation is 1. The van der Waals surface area contributed by atoms with E-state index in [2.05, 4.69) is 15.6 Å². The smallest absolute Gasteiger partial charge is 0.271 e. The van der Waals surface area contributed by atoms with Gasteiger partial charge in [0.2, 0.25) is 5.91 Å². The van der Waals surface area contributed by atoms with Crippen LogP contribution >= 0.6 is 11.3 Å². The van der Waals surface area contributed by atoms with Crippen LogP contribution in [-0.4, -0.2) is 28.9 Å². The Kier molecular flexibility index (Phi) is 7.73. The van der Waals surface area contributed by atoms with Crippen molar-refractivity contribution in [2.75, 3.05) is 0 Å². The van der Waals surface area contributed by atoms with Gasteiger partial charge in [0.25, 0.3) is 5.91 Å². The van der Waals surface area contributed by atoms with E-state index in [1.807, 2.05) is 61.5 Å². The van der Waals surface area contributed by atoms with Gasteiger partial charge in [-0.2, -0.15) is 0 Å². The first kappa shape index (κ1) is 23.0. The number of carbonyl (C=O) groups is 2. The van der Waals surface area contributed by atoms with Gasteiger partial charge in [0.05, 0.1) is 6.42 Å². The molecule has 0 unspecified atom stereocenters. The molecule has 1 aliphatic carbocycles. The lowest BCUT2D eigenvalue weighted by Gasteiger charge is -2.32. The van der Waals surface area contributed by atoms with Gasteiger partial charge in [-0.25, -0.2) is 4.98 Å². The third-order valence-corrected chi connectivity index (χ3v) is 6.63. The first-order valence-corrected chi connectivity index (χ1v) is 12.2. The van der Waals surface area contributed by atoms with E-state index in [-0.39, 0.29) is 23.9 Å². The van der Waals surface area contributed by atoms with E-state index >= 15 is 0 Å². The minimum Gasteiger partial charge on any atom is -0.486 e. The van der Waals surface area contributed by atoms with Crippen LogP contribution in [-0.2, 0) is 17.8 Å². The second-order valence-electron chi connectivity index (χ2n) is 8.43. The predicted molar refractivity (Wildman–Crippen MR) is 129 cm³/mol. The number of thiazole rings is 1. The maximum atomic E-state index is 12.8. The number of aromatic nitrogens is 1. The number of rotatable bonds is 8. The zero-order valence-corrected chi connectivity index (χ0v) is 19.6. The van der Waals surface area contributed by atoms with Gasteiger partial charge in [-0.05, 0) is 37.5 Å². The zero-order chi connectivity index (χ0) is 23.0. The fourth-order valence-electron chi connectivity index (χ4n) is 4.02. The summed E-state index contributed by atoms with van der Waals surface area (Å²) in [6.07, 6.45) is 4.12. The summed E-state index contributed by atoms with van der Waals surface area (Å²) in [5.74, 6) is 0.552. The van der Waals surface area contributed by atoms with Gasteiger partial charge in [-0.3, -0.25) is 9.59 Å². The lowest BCUT2D eigenvalue weighted by molar-refractivity contribution is -0.121. The average molecular weight is 464 g/mol. The molecule has 33 heavy (non-hydrogen) atoms. The molecule has 0 aliphatic heterocycles. The standard InChI is InChI=1S/C26H29N3O3S/c1-18-11-13-20(14-12-18)32-16-25-28-23(17-33-25)26(31)29-22-10-6-5-9-21(22)27-24(30)15-19-7-3-2-4-8-19/h2-4,7-8,11-14,17,21-22H,5-6,9-10,15-16H2,1H3,(H,27,30)(H,29,31)/t21-,22-/m1/s1. The van der Waals surface area contributed by atoms with Crippen LogP contribution in [0.25, 0.3) is 0 Å². The number of hydrogen-bond donors (Lipinski definition) is 2. The first-order valence-electron chi connectivity index (χ1n) is 11.3. The molecule has 4 rings (SSSR count). The van der Waals surface area contributed by atoms with Gasteiger partial charge >= 0.3 is 0 Å². The Morgan fingerprint density at radius 3 is 2.42 bits per heavy atom. The van der Waals surface area contributed by atoms with Crippen molar-refractivity contribution in [2.45, 2.75) is 57.7 Å². The number of ether oxygens (including phenoxy) is 1. The van der Waals surface area contributed by atoms with E-state index in [4.69, 9.17) is 4.74 Å². The van der Waals surface area contributed by atoms with Gasteiger partial charge in [0, 0.05) is 17.5 Å². The van der Waals surface area contributed by atoms with E-state index in [9.17, 15) is 9.59 Å². The number of carbonyl (C=O) groups excluding carboxylic acids is 2. The number of benzene rings is 2. The van der Waals surface area contributed by atoms with E-state index in [0.717, 1.165) is 42.0 Å². The number of nitrogens with one attached hydrogen (secondary N) is 2. The molecule has 2 atom stereocenters. The third kappa shape index (κ3) is 6.65. The van der Waals surface area contributed by atoms with Crippen LogP contribution < -0.4 is 15.4 Å². The maximum absolute atomic E-state index is 12.8. The van der Waals surface area contributed by atoms with E-state index in [0.29, 0.717) is 18.7 Å². The van der Waals surface area contributed by atoms with Crippen LogP contribution in [0.1, 0.15) is 52.3 Å². The fraction of sp³-hybridized carbons (Fsp3) is 0.346. The van der Waals surface area contributed by atoms with Crippen molar-refractivity contribution in [1.82, 2.24) is 15.6 Å². The number of nitrogens with zero attached hydrogens (tertiary/aromatic N) is 1. The Bertz CT molecular complexity index is 1070. The largest absolute Gasteiger partial charge is 0.486 e. The minimum absolute atomic E-state index is 0.0171. The third-order valence-electron chi connectivity index (χ3n) is 5.80. The zero-order valence-electron chi connectivity index (χ0n) is 18.8. The Hall–Kier alpha value is -3.19. The van der Waals surface area contributed by atoms with Gasteiger partial charge in [-0.15, -0.1) is 11.3 Å². The minimum atomic E-state index is -0.206. The van der Waals surface area contributed by atoms with Crippen molar-refractivity contribution < 1.29 is 14.3 Å². The normalized spacial score (nSPS) is 17.8. The van der Waals surface area contributed by atoms with Crippen LogP contribution in [0.2, 0.25) is 0 Å². The molecule has 0 spiro atoms. The fourth-order valence-corrected chi connectivity index (χ4v) is 4.70.